The number of carbonyl (C=O) groups excluding carboxylic acids is 1. The van der Waals surface area contributed by atoms with Crippen molar-refractivity contribution >= 4 is 16.9 Å². The monoisotopic (exact) mass is 329 g/mol. The lowest BCUT2D eigenvalue weighted by Gasteiger charge is -2.04. The Bertz CT molecular complexity index is 797. The molecule has 6 nitrogen and oxygen atoms in total. The lowest BCUT2D eigenvalue weighted by molar-refractivity contribution is -0.121. The first-order valence-electron chi connectivity index (χ1n) is 8.09. The number of halogens is 1. The van der Waals surface area contributed by atoms with Gasteiger partial charge in [-0.05, 0) is 43.0 Å². The molecule has 0 atom stereocenters. The Hall–Kier alpha value is -2.70. The molecule has 2 heterocycles. The molecule has 1 amide bonds. The van der Waals surface area contributed by atoms with Crippen LogP contribution in [-0.4, -0.2) is 32.6 Å². The van der Waals surface area contributed by atoms with Crippen molar-refractivity contribution in [3.05, 3.63) is 47.8 Å². The number of aromatic amines is 2. The average molecular weight is 329 g/mol. The SMILES string of the molecule is O=C(CCCc1cn[nH]c1)NCCCc1nc2ccc(F)cc2[nH]1. The molecule has 0 aliphatic heterocycles. The third-order valence-electron chi connectivity index (χ3n) is 3.83. The van der Waals surface area contributed by atoms with Gasteiger partial charge in [-0.3, -0.25) is 9.89 Å². The normalized spacial score (nSPS) is 11.0. The number of H-pyrrole nitrogens is 2. The van der Waals surface area contributed by atoms with Crippen LogP contribution in [0.4, 0.5) is 4.39 Å². The molecule has 1 aromatic carbocycles. The van der Waals surface area contributed by atoms with Crippen LogP contribution < -0.4 is 5.32 Å². The molecule has 0 spiro atoms. The van der Waals surface area contributed by atoms with Crippen LogP contribution in [0.5, 0.6) is 0 Å². The van der Waals surface area contributed by atoms with Crippen molar-refractivity contribution in [3.8, 4) is 0 Å². The highest BCUT2D eigenvalue weighted by Gasteiger charge is 2.05. The van der Waals surface area contributed by atoms with Crippen LogP contribution in [0.2, 0.25) is 0 Å². The Morgan fingerprint density at radius 1 is 1.25 bits per heavy atom. The molecule has 0 radical (unpaired) electrons. The zero-order chi connectivity index (χ0) is 16.8. The summed E-state index contributed by atoms with van der Waals surface area (Å²) in [5.41, 5.74) is 2.58. The van der Waals surface area contributed by atoms with Crippen LogP contribution in [0.1, 0.15) is 30.7 Å². The zero-order valence-corrected chi connectivity index (χ0v) is 13.3. The van der Waals surface area contributed by atoms with E-state index in [-0.39, 0.29) is 11.7 Å². The van der Waals surface area contributed by atoms with Gasteiger partial charge in [0.05, 0.1) is 17.2 Å². The Morgan fingerprint density at radius 2 is 2.17 bits per heavy atom. The third-order valence-corrected chi connectivity index (χ3v) is 3.83. The summed E-state index contributed by atoms with van der Waals surface area (Å²) in [6.45, 7) is 0.607. The minimum absolute atomic E-state index is 0.0603. The number of rotatable bonds is 8. The molecular weight excluding hydrogens is 309 g/mol. The van der Waals surface area contributed by atoms with E-state index in [2.05, 4.69) is 25.5 Å². The molecule has 0 unspecified atom stereocenters. The largest absolute Gasteiger partial charge is 0.356 e. The van der Waals surface area contributed by atoms with Gasteiger partial charge in [0.15, 0.2) is 0 Å². The van der Waals surface area contributed by atoms with Gasteiger partial charge >= 0.3 is 0 Å². The summed E-state index contributed by atoms with van der Waals surface area (Å²) < 4.78 is 13.1. The molecule has 2 aromatic heterocycles. The maximum Gasteiger partial charge on any atom is 0.220 e. The number of imidazole rings is 1. The fraction of sp³-hybridized carbons (Fsp3) is 0.353. The standard InChI is InChI=1S/C17H20FN5O/c18-13-6-7-14-15(9-13)23-16(22-14)4-2-8-19-17(24)5-1-3-12-10-20-21-11-12/h6-7,9-11H,1-5,8H2,(H,19,24)(H,20,21)(H,22,23). The Balaban J connectivity index is 1.34. The number of carbonyl (C=O) groups is 1. The lowest BCUT2D eigenvalue weighted by atomic mass is 10.1. The number of amides is 1. The first-order chi connectivity index (χ1) is 11.7. The molecule has 0 saturated heterocycles. The van der Waals surface area contributed by atoms with Crippen molar-refractivity contribution in [3.63, 3.8) is 0 Å². The second kappa shape index (κ2) is 7.72. The van der Waals surface area contributed by atoms with E-state index in [1.165, 1.54) is 12.1 Å². The smallest absolute Gasteiger partial charge is 0.220 e. The molecule has 0 bridgehead atoms. The van der Waals surface area contributed by atoms with E-state index in [1.54, 1.807) is 12.3 Å². The number of aromatic nitrogens is 4. The summed E-state index contributed by atoms with van der Waals surface area (Å²) >= 11 is 0. The van der Waals surface area contributed by atoms with Gasteiger partial charge in [0, 0.05) is 25.6 Å². The fourth-order valence-electron chi connectivity index (χ4n) is 2.59. The second-order valence-electron chi connectivity index (χ2n) is 5.76. The second-order valence-corrected chi connectivity index (χ2v) is 5.76. The topological polar surface area (TPSA) is 86.5 Å². The van der Waals surface area contributed by atoms with Gasteiger partial charge in [0.25, 0.3) is 0 Å². The minimum atomic E-state index is -0.277. The molecular formula is C17H20FN5O. The van der Waals surface area contributed by atoms with Crippen molar-refractivity contribution in [1.29, 1.82) is 0 Å². The number of nitrogens with one attached hydrogen (secondary N) is 3. The number of fused-ring (bicyclic) bond motifs is 1. The van der Waals surface area contributed by atoms with Crippen LogP contribution >= 0.6 is 0 Å². The van der Waals surface area contributed by atoms with Gasteiger partial charge in [-0.2, -0.15) is 5.10 Å². The Kier molecular flexibility index (Phi) is 5.20. The van der Waals surface area contributed by atoms with Crippen LogP contribution in [0.15, 0.2) is 30.6 Å². The van der Waals surface area contributed by atoms with Crippen molar-refractivity contribution < 1.29 is 9.18 Å². The number of aryl methyl sites for hydroxylation is 2. The summed E-state index contributed by atoms with van der Waals surface area (Å²) in [5, 5.41) is 9.54. The maximum atomic E-state index is 13.1. The third kappa shape index (κ3) is 4.41. The molecule has 126 valence electrons. The number of benzene rings is 1. The van der Waals surface area contributed by atoms with Gasteiger partial charge in [-0.1, -0.05) is 0 Å². The van der Waals surface area contributed by atoms with Crippen LogP contribution in [0.3, 0.4) is 0 Å². The van der Waals surface area contributed by atoms with Gasteiger partial charge in [-0.25, -0.2) is 9.37 Å². The summed E-state index contributed by atoms with van der Waals surface area (Å²) in [4.78, 5) is 19.3. The molecule has 0 fully saturated rings. The number of hydrogen-bond donors (Lipinski definition) is 3. The highest BCUT2D eigenvalue weighted by atomic mass is 19.1. The zero-order valence-electron chi connectivity index (χ0n) is 13.3. The van der Waals surface area contributed by atoms with Crippen LogP contribution in [-0.2, 0) is 17.6 Å². The van der Waals surface area contributed by atoms with Gasteiger partial charge < -0.3 is 10.3 Å². The minimum Gasteiger partial charge on any atom is -0.356 e. The first-order valence-corrected chi connectivity index (χ1v) is 8.09. The highest BCUT2D eigenvalue weighted by Crippen LogP contribution is 2.13. The lowest BCUT2D eigenvalue weighted by Crippen LogP contribution is -2.24. The molecule has 0 aliphatic rings. The summed E-state index contributed by atoms with van der Waals surface area (Å²) in [6, 6.07) is 4.50. The van der Waals surface area contributed by atoms with E-state index in [4.69, 9.17) is 0 Å². The predicted molar refractivity (Wildman–Crippen MR) is 88.9 cm³/mol. The molecule has 3 rings (SSSR count). The van der Waals surface area contributed by atoms with Crippen molar-refractivity contribution in [2.24, 2.45) is 0 Å². The van der Waals surface area contributed by atoms with E-state index < -0.39 is 0 Å². The van der Waals surface area contributed by atoms with Crippen LogP contribution in [0, 0.1) is 5.82 Å². The van der Waals surface area contributed by atoms with E-state index in [0.29, 0.717) is 24.9 Å². The Morgan fingerprint density at radius 3 is 3.00 bits per heavy atom. The highest BCUT2D eigenvalue weighted by molar-refractivity contribution is 5.76. The maximum absolute atomic E-state index is 13.1. The number of nitrogens with zero attached hydrogens (tertiary/aromatic N) is 2. The van der Waals surface area contributed by atoms with E-state index >= 15 is 0 Å². The molecule has 24 heavy (non-hydrogen) atoms. The summed E-state index contributed by atoms with van der Waals surface area (Å²) in [6.07, 6.45) is 7.28. The van der Waals surface area contributed by atoms with E-state index in [0.717, 1.165) is 36.2 Å². The van der Waals surface area contributed by atoms with Gasteiger partial charge in [0.2, 0.25) is 5.91 Å². The molecule has 3 N–H and O–H groups in total. The van der Waals surface area contributed by atoms with E-state index in [1.807, 2.05) is 6.20 Å². The Labute approximate surface area is 138 Å². The quantitative estimate of drug-likeness (QED) is 0.555. The van der Waals surface area contributed by atoms with Crippen LogP contribution in [0.25, 0.3) is 11.0 Å². The van der Waals surface area contributed by atoms with Crippen molar-refractivity contribution in [2.75, 3.05) is 6.54 Å². The molecule has 0 saturated carbocycles. The average Bonchev–Trinajstić information content (AvgIpc) is 3.20. The molecule has 7 heteroatoms. The molecule has 3 aromatic rings. The van der Waals surface area contributed by atoms with Gasteiger partial charge in [0.1, 0.15) is 11.6 Å². The van der Waals surface area contributed by atoms with Gasteiger partial charge in [-0.15, -0.1) is 0 Å². The number of hydrogen-bond acceptors (Lipinski definition) is 3. The predicted octanol–water partition coefficient (Wildman–Crippen LogP) is 2.50. The summed E-state index contributed by atoms with van der Waals surface area (Å²) in [7, 11) is 0. The van der Waals surface area contributed by atoms with E-state index in [9.17, 15) is 9.18 Å². The van der Waals surface area contributed by atoms with Crippen molar-refractivity contribution in [1.82, 2.24) is 25.5 Å². The summed E-state index contributed by atoms with van der Waals surface area (Å²) in [5.74, 6) is 0.593. The fourth-order valence-corrected chi connectivity index (χ4v) is 2.59. The molecule has 0 aliphatic carbocycles. The first kappa shape index (κ1) is 16.2. The van der Waals surface area contributed by atoms with Crippen molar-refractivity contribution in [2.45, 2.75) is 32.1 Å².